The van der Waals surface area contributed by atoms with Gasteiger partial charge in [0, 0.05) is 31.8 Å². The summed E-state index contributed by atoms with van der Waals surface area (Å²) < 4.78 is 5.63. The van der Waals surface area contributed by atoms with Crippen molar-refractivity contribution in [3.05, 3.63) is 0 Å². The number of ether oxygens (including phenoxy) is 1. The highest BCUT2D eigenvalue weighted by Gasteiger charge is 2.28. The number of nitrogens with zero attached hydrogens (tertiary/aromatic N) is 1. The normalized spacial score (nSPS) is 31.4. The van der Waals surface area contributed by atoms with Crippen LogP contribution in [0.15, 0.2) is 0 Å². The molecule has 1 N–H and O–H groups in total. The lowest BCUT2D eigenvalue weighted by Crippen LogP contribution is -2.51. The first kappa shape index (κ1) is 15.3. The van der Waals surface area contributed by atoms with Gasteiger partial charge in [-0.2, -0.15) is 0 Å². The van der Waals surface area contributed by atoms with Crippen molar-refractivity contribution in [2.24, 2.45) is 0 Å². The maximum Gasteiger partial charge on any atom is 0.0593 e. The lowest BCUT2D eigenvalue weighted by Gasteiger charge is -2.38. The summed E-state index contributed by atoms with van der Waals surface area (Å²) in [5.74, 6) is 0. The largest absolute Gasteiger partial charge is 0.380 e. The third kappa shape index (κ3) is 5.05. The van der Waals surface area contributed by atoms with Crippen LogP contribution in [0, 0.1) is 0 Å². The van der Waals surface area contributed by atoms with Gasteiger partial charge >= 0.3 is 0 Å². The van der Waals surface area contributed by atoms with E-state index in [1.165, 1.54) is 64.5 Å². The van der Waals surface area contributed by atoms with Gasteiger partial charge in [-0.05, 0) is 32.2 Å². The van der Waals surface area contributed by atoms with Crippen LogP contribution in [0.2, 0.25) is 0 Å². The van der Waals surface area contributed by atoms with Crippen molar-refractivity contribution in [1.29, 1.82) is 0 Å². The molecule has 1 saturated carbocycles. The van der Waals surface area contributed by atoms with E-state index in [1.807, 2.05) is 0 Å². The van der Waals surface area contributed by atoms with Crippen molar-refractivity contribution < 1.29 is 4.74 Å². The van der Waals surface area contributed by atoms with Crippen molar-refractivity contribution in [2.45, 2.75) is 70.4 Å². The van der Waals surface area contributed by atoms with E-state index in [0.717, 1.165) is 25.8 Å². The Labute approximate surface area is 119 Å². The molecule has 1 aliphatic carbocycles. The van der Waals surface area contributed by atoms with E-state index in [9.17, 15) is 0 Å². The summed E-state index contributed by atoms with van der Waals surface area (Å²) in [6, 6.07) is 1.45. The third-order valence-electron chi connectivity index (χ3n) is 4.61. The highest BCUT2D eigenvalue weighted by atomic mass is 16.5. The first-order valence-corrected chi connectivity index (χ1v) is 8.47. The molecule has 2 fully saturated rings. The minimum atomic E-state index is 0.707. The molecule has 0 spiro atoms. The molecular weight excluding hydrogens is 236 g/mol. The average molecular weight is 268 g/mol. The van der Waals surface area contributed by atoms with Gasteiger partial charge < -0.3 is 10.1 Å². The van der Waals surface area contributed by atoms with Crippen LogP contribution in [-0.4, -0.2) is 49.8 Å². The summed E-state index contributed by atoms with van der Waals surface area (Å²) >= 11 is 0. The van der Waals surface area contributed by atoms with Gasteiger partial charge in [0.25, 0.3) is 0 Å². The standard InChI is InChI=1S/C16H32N2O/c1-2-10-17-15-8-5-3-4-6-9-16(15)18-11-7-13-19-14-12-18/h15-17H,2-14H2,1H3. The zero-order valence-corrected chi connectivity index (χ0v) is 12.7. The van der Waals surface area contributed by atoms with Crippen molar-refractivity contribution in [3.63, 3.8) is 0 Å². The highest BCUT2D eigenvalue weighted by Crippen LogP contribution is 2.23. The summed E-state index contributed by atoms with van der Waals surface area (Å²) in [6.07, 6.45) is 10.9. The predicted molar refractivity (Wildman–Crippen MR) is 80.6 cm³/mol. The number of rotatable bonds is 4. The van der Waals surface area contributed by atoms with Gasteiger partial charge in [0.2, 0.25) is 0 Å². The molecule has 0 aromatic carbocycles. The molecule has 0 radical (unpaired) electrons. The van der Waals surface area contributed by atoms with Gasteiger partial charge in [-0.3, -0.25) is 4.90 Å². The zero-order valence-electron chi connectivity index (χ0n) is 12.7. The van der Waals surface area contributed by atoms with Crippen LogP contribution in [0.5, 0.6) is 0 Å². The van der Waals surface area contributed by atoms with Crippen molar-refractivity contribution >= 4 is 0 Å². The van der Waals surface area contributed by atoms with E-state index in [-0.39, 0.29) is 0 Å². The Bertz CT molecular complexity index is 225. The summed E-state index contributed by atoms with van der Waals surface area (Å²) in [5.41, 5.74) is 0. The third-order valence-corrected chi connectivity index (χ3v) is 4.61. The van der Waals surface area contributed by atoms with E-state index in [1.54, 1.807) is 0 Å². The SMILES string of the molecule is CCCNC1CCCCCCC1N1CCCOCC1. The molecule has 2 atom stereocenters. The molecule has 2 unspecified atom stereocenters. The fourth-order valence-corrected chi connectivity index (χ4v) is 3.57. The summed E-state index contributed by atoms with van der Waals surface area (Å²) in [4.78, 5) is 2.71. The van der Waals surface area contributed by atoms with Crippen molar-refractivity contribution in [1.82, 2.24) is 10.2 Å². The number of nitrogens with one attached hydrogen (secondary N) is 1. The Balaban J connectivity index is 1.95. The second-order valence-electron chi connectivity index (χ2n) is 6.12. The summed E-state index contributed by atoms with van der Waals surface area (Å²) in [5, 5.41) is 3.82. The van der Waals surface area contributed by atoms with E-state index in [2.05, 4.69) is 17.1 Å². The summed E-state index contributed by atoms with van der Waals surface area (Å²) in [7, 11) is 0. The first-order valence-electron chi connectivity index (χ1n) is 8.47. The average Bonchev–Trinajstić information content (AvgIpc) is 2.67. The monoisotopic (exact) mass is 268 g/mol. The quantitative estimate of drug-likeness (QED) is 0.848. The van der Waals surface area contributed by atoms with Crippen LogP contribution in [0.1, 0.15) is 58.3 Å². The highest BCUT2D eigenvalue weighted by molar-refractivity contribution is 4.86. The molecule has 0 amide bonds. The minimum absolute atomic E-state index is 0.707. The van der Waals surface area contributed by atoms with Crippen LogP contribution in [-0.2, 0) is 4.74 Å². The molecule has 0 aromatic rings. The van der Waals surface area contributed by atoms with Gasteiger partial charge in [-0.15, -0.1) is 0 Å². The molecule has 0 bridgehead atoms. The van der Waals surface area contributed by atoms with Crippen LogP contribution < -0.4 is 5.32 Å². The fourth-order valence-electron chi connectivity index (χ4n) is 3.57. The smallest absolute Gasteiger partial charge is 0.0593 e. The molecule has 112 valence electrons. The van der Waals surface area contributed by atoms with E-state index in [4.69, 9.17) is 4.74 Å². The first-order chi connectivity index (χ1) is 9.42. The van der Waals surface area contributed by atoms with Crippen molar-refractivity contribution in [3.8, 4) is 0 Å². The second-order valence-corrected chi connectivity index (χ2v) is 6.12. The lowest BCUT2D eigenvalue weighted by molar-refractivity contribution is 0.111. The Kier molecular flexibility index (Phi) is 7.18. The van der Waals surface area contributed by atoms with E-state index >= 15 is 0 Å². The van der Waals surface area contributed by atoms with Crippen LogP contribution >= 0.6 is 0 Å². The number of hydrogen-bond acceptors (Lipinski definition) is 3. The molecule has 2 rings (SSSR count). The molecule has 0 aromatic heterocycles. The molecule has 1 saturated heterocycles. The topological polar surface area (TPSA) is 24.5 Å². The molecule has 19 heavy (non-hydrogen) atoms. The van der Waals surface area contributed by atoms with Gasteiger partial charge in [0.1, 0.15) is 0 Å². The molecular formula is C16H32N2O. The molecule has 3 nitrogen and oxygen atoms in total. The molecule has 1 heterocycles. The second kappa shape index (κ2) is 8.93. The van der Waals surface area contributed by atoms with E-state index < -0.39 is 0 Å². The Morgan fingerprint density at radius 1 is 1.00 bits per heavy atom. The lowest BCUT2D eigenvalue weighted by atomic mass is 9.91. The Morgan fingerprint density at radius 2 is 1.84 bits per heavy atom. The predicted octanol–water partition coefficient (Wildman–Crippen LogP) is 2.80. The molecule has 2 aliphatic rings. The molecule has 3 heteroatoms. The van der Waals surface area contributed by atoms with Gasteiger partial charge in [-0.25, -0.2) is 0 Å². The number of hydrogen-bond donors (Lipinski definition) is 1. The van der Waals surface area contributed by atoms with Gasteiger partial charge in [0.15, 0.2) is 0 Å². The summed E-state index contributed by atoms with van der Waals surface area (Å²) in [6.45, 7) is 7.69. The van der Waals surface area contributed by atoms with Crippen LogP contribution in [0.25, 0.3) is 0 Å². The maximum absolute atomic E-state index is 5.63. The molecule has 1 aliphatic heterocycles. The minimum Gasteiger partial charge on any atom is -0.380 e. The van der Waals surface area contributed by atoms with Crippen LogP contribution in [0.3, 0.4) is 0 Å². The fraction of sp³-hybridized carbons (Fsp3) is 1.00. The van der Waals surface area contributed by atoms with E-state index in [0.29, 0.717) is 6.04 Å². The maximum atomic E-state index is 5.63. The van der Waals surface area contributed by atoms with Crippen LogP contribution in [0.4, 0.5) is 0 Å². The Hall–Kier alpha value is -0.120. The van der Waals surface area contributed by atoms with Gasteiger partial charge in [0.05, 0.1) is 6.61 Å². The zero-order chi connectivity index (χ0) is 13.3. The van der Waals surface area contributed by atoms with Gasteiger partial charge in [-0.1, -0.05) is 32.6 Å². The Morgan fingerprint density at radius 3 is 2.68 bits per heavy atom. The van der Waals surface area contributed by atoms with Crippen molar-refractivity contribution in [2.75, 3.05) is 32.8 Å².